The number of halogens is 3. The van der Waals surface area contributed by atoms with Gasteiger partial charge >= 0.3 is 12.0 Å². The van der Waals surface area contributed by atoms with Crippen LogP contribution in [0, 0.1) is 11.6 Å². The van der Waals surface area contributed by atoms with Crippen LogP contribution >= 0.6 is 15.9 Å². The number of anilines is 1. The smallest absolute Gasteiger partial charge is 0.334 e. The Morgan fingerprint density at radius 3 is 2.53 bits per heavy atom. The predicted octanol–water partition coefficient (Wildman–Crippen LogP) is 1.29. The Balaban J connectivity index is 2.65. The second kappa shape index (κ2) is 6.43. The van der Waals surface area contributed by atoms with Crippen LogP contribution in [0.3, 0.4) is 0 Å². The van der Waals surface area contributed by atoms with Crippen LogP contribution in [0.2, 0.25) is 0 Å². The second-order valence-electron chi connectivity index (χ2n) is 3.43. The van der Waals surface area contributed by atoms with Crippen molar-refractivity contribution < 1.29 is 28.6 Å². The number of carbonyl (C=O) groups excluding carboxylic acids is 1. The van der Waals surface area contributed by atoms with E-state index in [4.69, 9.17) is 10.2 Å². The normalized spacial score (nSPS) is 11.8. The number of aliphatic hydroxyl groups is 1. The Hall–Kier alpha value is -1.74. The lowest BCUT2D eigenvalue weighted by Crippen LogP contribution is -2.38. The first-order valence-electron chi connectivity index (χ1n) is 4.91. The van der Waals surface area contributed by atoms with Gasteiger partial charge in [0.25, 0.3) is 0 Å². The zero-order chi connectivity index (χ0) is 14.6. The van der Waals surface area contributed by atoms with Crippen molar-refractivity contribution in [3.8, 4) is 0 Å². The summed E-state index contributed by atoms with van der Waals surface area (Å²) >= 11 is 2.86. The first kappa shape index (κ1) is 15.3. The highest BCUT2D eigenvalue weighted by molar-refractivity contribution is 9.10. The molecule has 0 spiro atoms. The summed E-state index contributed by atoms with van der Waals surface area (Å²) in [5.41, 5.74) is -0.302. The highest BCUT2D eigenvalue weighted by atomic mass is 79.9. The fourth-order valence-corrected chi connectivity index (χ4v) is 1.60. The van der Waals surface area contributed by atoms with Crippen molar-refractivity contribution in [3.05, 3.63) is 28.2 Å². The number of aliphatic hydroxyl groups excluding tert-OH is 1. The third-order valence-electron chi connectivity index (χ3n) is 1.99. The summed E-state index contributed by atoms with van der Waals surface area (Å²) in [5, 5.41) is 21.4. The van der Waals surface area contributed by atoms with E-state index < -0.39 is 36.3 Å². The van der Waals surface area contributed by atoms with E-state index in [-0.39, 0.29) is 10.2 Å². The molecule has 19 heavy (non-hydrogen) atoms. The molecule has 0 radical (unpaired) electrons. The Labute approximate surface area is 114 Å². The SMILES string of the molecule is O=C(NCC(O)C(=O)O)Nc1c(F)cc(F)cc1Br. The Bertz CT molecular complexity index is 489. The van der Waals surface area contributed by atoms with E-state index in [1.165, 1.54) is 0 Å². The maximum atomic E-state index is 13.3. The molecule has 0 bridgehead atoms. The number of carboxylic acid groups (broad SMARTS) is 1. The maximum Gasteiger partial charge on any atom is 0.334 e. The number of nitrogens with one attached hydrogen (secondary N) is 2. The van der Waals surface area contributed by atoms with Gasteiger partial charge in [-0.1, -0.05) is 0 Å². The van der Waals surface area contributed by atoms with E-state index in [1.54, 1.807) is 0 Å². The number of benzene rings is 1. The molecule has 1 rings (SSSR count). The predicted molar refractivity (Wildman–Crippen MR) is 64.7 cm³/mol. The number of aliphatic carboxylic acids is 1. The lowest BCUT2D eigenvalue weighted by molar-refractivity contribution is -0.146. The van der Waals surface area contributed by atoms with Gasteiger partial charge in [-0.15, -0.1) is 0 Å². The number of amides is 2. The summed E-state index contributed by atoms with van der Waals surface area (Å²) in [4.78, 5) is 21.6. The highest BCUT2D eigenvalue weighted by Gasteiger charge is 2.16. The van der Waals surface area contributed by atoms with E-state index in [0.29, 0.717) is 6.07 Å². The van der Waals surface area contributed by atoms with Crippen LogP contribution in [0.1, 0.15) is 0 Å². The minimum absolute atomic E-state index is 0.0149. The van der Waals surface area contributed by atoms with Gasteiger partial charge in [0.2, 0.25) is 0 Å². The van der Waals surface area contributed by atoms with Crippen LogP contribution in [0.5, 0.6) is 0 Å². The standard InChI is InChI=1S/C10H9BrF2N2O4/c11-5-1-4(12)2-6(13)8(5)15-10(19)14-3-7(16)9(17)18/h1-2,7,16H,3H2,(H,17,18)(H2,14,15,19). The number of hydrogen-bond acceptors (Lipinski definition) is 3. The third-order valence-corrected chi connectivity index (χ3v) is 2.61. The number of urea groups is 1. The number of hydrogen-bond donors (Lipinski definition) is 4. The second-order valence-corrected chi connectivity index (χ2v) is 4.29. The van der Waals surface area contributed by atoms with Gasteiger partial charge in [0.05, 0.1) is 12.2 Å². The van der Waals surface area contributed by atoms with Gasteiger partial charge in [0.15, 0.2) is 11.9 Å². The van der Waals surface area contributed by atoms with Gasteiger partial charge in [-0.25, -0.2) is 18.4 Å². The molecule has 1 aromatic rings. The molecule has 4 N–H and O–H groups in total. The zero-order valence-corrected chi connectivity index (χ0v) is 10.9. The van der Waals surface area contributed by atoms with Crippen molar-refractivity contribution in [2.45, 2.75) is 6.10 Å². The summed E-state index contributed by atoms with van der Waals surface area (Å²) in [7, 11) is 0. The fourth-order valence-electron chi connectivity index (χ4n) is 1.10. The minimum atomic E-state index is -1.77. The summed E-state index contributed by atoms with van der Waals surface area (Å²) in [6.45, 7) is -0.554. The Morgan fingerprint density at radius 2 is 2.00 bits per heavy atom. The molecule has 0 fully saturated rings. The van der Waals surface area contributed by atoms with Crippen molar-refractivity contribution in [1.29, 1.82) is 0 Å². The van der Waals surface area contributed by atoms with E-state index >= 15 is 0 Å². The van der Waals surface area contributed by atoms with Crippen molar-refractivity contribution >= 4 is 33.6 Å². The molecule has 2 amide bonds. The maximum absolute atomic E-state index is 13.3. The van der Waals surface area contributed by atoms with Gasteiger partial charge in [-0.05, 0) is 22.0 Å². The molecular weight excluding hydrogens is 330 g/mol. The van der Waals surface area contributed by atoms with E-state index in [1.807, 2.05) is 5.32 Å². The molecule has 1 unspecified atom stereocenters. The number of rotatable bonds is 4. The van der Waals surface area contributed by atoms with E-state index in [9.17, 15) is 18.4 Å². The van der Waals surface area contributed by atoms with E-state index in [0.717, 1.165) is 6.07 Å². The van der Waals surface area contributed by atoms with E-state index in [2.05, 4.69) is 21.2 Å². The molecule has 0 aliphatic heterocycles. The Kier molecular flexibility index (Phi) is 5.19. The van der Waals surface area contributed by atoms with Crippen LogP contribution in [-0.2, 0) is 4.79 Å². The third kappa shape index (κ3) is 4.45. The summed E-state index contributed by atoms with van der Waals surface area (Å²) in [6.07, 6.45) is -1.77. The summed E-state index contributed by atoms with van der Waals surface area (Å²) in [6, 6.07) is 0.587. The van der Waals surface area contributed by atoms with Crippen LogP contribution in [0.15, 0.2) is 16.6 Å². The quantitative estimate of drug-likeness (QED) is 0.664. The van der Waals surface area contributed by atoms with Gasteiger partial charge in [0, 0.05) is 10.5 Å². The molecule has 1 aromatic carbocycles. The monoisotopic (exact) mass is 338 g/mol. The van der Waals surface area contributed by atoms with Gasteiger partial charge < -0.3 is 20.8 Å². The average molecular weight is 339 g/mol. The zero-order valence-electron chi connectivity index (χ0n) is 9.28. The first-order valence-corrected chi connectivity index (χ1v) is 5.71. The highest BCUT2D eigenvalue weighted by Crippen LogP contribution is 2.26. The first-order chi connectivity index (χ1) is 8.81. The molecule has 9 heteroatoms. The number of carboxylic acids is 1. The summed E-state index contributed by atoms with van der Waals surface area (Å²) in [5.74, 6) is -3.33. The van der Waals surface area contributed by atoms with Gasteiger partial charge in [-0.2, -0.15) is 0 Å². The van der Waals surface area contributed by atoms with Crippen molar-refractivity contribution in [3.63, 3.8) is 0 Å². The molecule has 0 aliphatic carbocycles. The van der Waals surface area contributed by atoms with Crippen molar-refractivity contribution in [2.75, 3.05) is 11.9 Å². The van der Waals surface area contributed by atoms with Crippen molar-refractivity contribution in [1.82, 2.24) is 5.32 Å². The molecule has 0 aliphatic rings. The van der Waals surface area contributed by atoms with Gasteiger partial charge in [-0.3, -0.25) is 0 Å². The molecule has 0 aromatic heterocycles. The molecule has 0 saturated carbocycles. The minimum Gasteiger partial charge on any atom is -0.479 e. The summed E-state index contributed by atoms with van der Waals surface area (Å²) < 4.78 is 26.1. The van der Waals surface area contributed by atoms with Gasteiger partial charge in [0.1, 0.15) is 5.82 Å². The number of carbonyl (C=O) groups is 2. The van der Waals surface area contributed by atoms with Crippen molar-refractivity contribution in [2.24, 2.45) is 0 Å². The van der Waals surface area contributed by atoms with Crippen LogP contribution in [0.25, 0.3) is 0 Å². The van der Waals surface area contributed by atoms with Crippen LogP contribution in [0.4, 0.5) is 19.3 Å². The lowest BCUT2D eigenvalue weighted by Gasteiger charge is -2.11. The topological polar surface area (TPSA) is 98.7 Å². The molecule has 0 heterocycles. The lowest BCUT2D eigenvalue weighted by atomic mass is 10.3. The fraction of sp³-hybridized carbons (Fsp3) is 0.200. The van der Waals surface area contributed by atoms with Crippen LogP contribution < -0.4 is 10.6 Å². The molecule has 0 saturated heterocycles. The largest absolute Gasteiger partial charge is 0.479 e. The Morgan fingerprint density at radius 1 is 1.37 bits per heavy atom. The molecule has 104 valence electrons. The average Bonchev–Trinajstić information content (AvgIpc) is 2.30. The molecule has 1 atom stereocenters. The molecule has 6 nitrogen and oxygen atoms in total. The molecular formula is C10H9BrF2N2O4. The van der Waals surface area contributed by atoms with Crippen LogP contribution in [-0.4, -0.2) is 34.9 Å².